The summed E-state index contributed by atoms with van der Waals surface area (Å²) in [5.74, 6) is 0.851. The van der Waals surface area contributed by atoms with Crippen LogP contribution in [0.3, 0.4) is 0 Å². The van der Waals surface area contributed by atoms with Gasteiger partial charge in [-0.15, -0.1) is 0 Å². The summed E-state index contributed by atoms with van der Waals surface area (Å²) in [6.07, 6.45) is 0. The molecular weight excluding hydrogens is 283 g/mol. The molecule has 1 atom stereocenters. The minimum Gasteiger partial charge on any atom is -0.442 e. The van der Waals surface area contributed by atoms with Crippen molar-refractivity contribution in [3.05, 3.63) is 60.7 Å². The van der Waals surface area contributed by atoms with E-state index in [2.05, 4.69) is 0 Å². The van der Waals surface area contributed by atoms with Crippen LogP contribution in [0.5, 0.6) is 11.5 Å². The van der Waals surface area contributed by atoms with E-state index in [0.29, 0.717) is 11.5 Å². The molecule has 0 radical (unpaired) electrons. The molecule has 2 rings (SSSR count). The van der Waals surface area contributed by atoms with Crippen LogP contribution >= 0.6 is 8.44 Å². The van der Waals surface area contributed by atoms with Gasteiger partial charge in [-0.3, -0.25) is 0 Å². The molecule has 6 heteroatoms. The summed E-state index contributed by atoms with van der Waals surface area (Å²) >= 11 is 0. The van der Waals surface area contributed by atoms with Gasteiger partial charge in [0.05, 0.1) is 0 Å². The van der Waals surface area contributed by atoms with Crippen molar-refractivity contribution in [3.8, 4) is 11.5 Å². The molecule has 0 aliphatic carbocycles. The lowest BCUT2D eigenvalue weighted by Crippen LogP contribution is -2.29. The van der Waals surface area contributed by atoms with Crippen LogP contribution in [-0.4, -0.2) is 14.0 Å². The third-order valence-electron chi connectivity index (χ3n) is 2.22. The van der Waals surface area contributed by atoms with Gasteiger partial charge < -0.3 is 9.47 Å². The molecular formula is C13H13O4PS. The third-order valence-corrected chi connectivity index (χ3v) is 3.61. The van der Waals surface area contributed by atoms with E-state index < -0.39 is 15.1 Å². The van der Waals surface area contributed by atoms with Crippen molar-refractivity contribution >= 4 is 17.9 Å². The van der Waals surface area contributed by atoms with E-state index in [4.69, 9.17) is 9.47 Å². The Morgan fingerprint density at radius 2 is 1.16 bits per heavy atom. The van der Waals surface area contributed by atoms with E-state index in [-0.39, 0.29) is 0 Å². The van der Waals surface area contributed by atoms with Crippen LogP contribution in [0.25, 0.3) is 0 Å². The fraction of sp³-hybridized carbons (Fsp3) is 0.0769. The standard InChI is InChI=1S/C13H13O4PS/c14-19(15,18)13(16-11-7-3-1-4-8-11)17-12-9-5-2-6-10-12/h1-10,13H,18H2. The Labute approximate surface area is 114 Å². The Morgan fingerprint density at radius 3 is 1.47 bits per heavy atom. The molecule has 0 aliphatic heterocycles. The van der Waals surface area contributed by atoms with Gasteiger partial charge in [-0.2, -0.15) is 0 Å². The zero-order chi connectivity index (χ0) is 13.7. The highest BCUT2D eigenvalue weighted by Gasteiger charge is 2.24. The molecule has 0 aromatic heterocycles. The van der Waals surface area contributed by atoms with Crippen LogP contribution in [-0.2, 0) is 9.46 Å². The molecule has 0 saturated heterocycles. The van der Waals surface area contributed by atoms with E-state index in [0.717, 1.165) is 0 Å². The first-order chi connectivity index (χ1) is 9.05. The molecule has 0 amide bonds. The van der Waals surface area contributed by atoms with Crippen molar-refractivity contribution < 1.29 is 17.9 Å². The van der Waals surface area contributed by atoms with Gasteiger partial charge in [0.1, 0.15) is 11.5 Å². The van der Waals surface area contributed by atoms with Crippen LogP contribution in [0, 0.1) is 0 Å². The minimum atomic E-state index is -3.59. The topological polar surface area (TPSA) is 52.6 Å². The molecule has 0 saturated carbocycles. The molecule has 0 aliphatic rings. The van der Waals surface area contributed by atoms with Gasteiger partial charge in [0.25, 0.3) is 0 Å². The largest absolute Gasteiger partial charge is 0.442 e. The van der Waals surface area contributed by atoms with Crippen LogP contribution < -0.4 is 9.47 Å². The third kappa shape index (κ3) is 4.23. The second-order valence-corrected chi connectivity index (χ2v) is 7.27. The molecule has 19 heavy (non-hydrogen) atoms. The average Bonchev–Trinajstić information content (AvgIpc) is 2.39. The van der Waals surface area contributed by atoms with Crippen molar-refractivity contribution in [2.45, 2.75) is 5.62 Å². The lowest BCUT2D eigenvalue weighted by Gasteiger charge is -2.18. The van der Waals surface area contributed by atoms with Crippen molar-refractivity contribution in [2.24, 2.45) is 0 Å². The highest BCUT2D eigenvalue weighted by atomic mass is 32.7. The molecule has 0 bridgehead atoms. The summed E-state index contributed by atoms with van der Waals surface area (Å²) in [5, 5.41) is 0. The zero-order valence-electron chi connectivity index (χ0n) is 9.97. The Balaban J connectivity index is 2.18. The summed E-state index contributed by atoms with van der Waals surface area (Å²) in [7, 11) is -1.85. The van der Waals surface area contributed by atoms with Gasteiger partial charge in [0.15, 0.2) is 0 Å². The number of benzene rings is 2. The van der Waals surface area contributed by atoms with Crippen molar-refractivity contribution in [2.75, 3.05) is 0 Å². The predicted octanol–water partition coefficient (Wildman–Crippen LogP) is 2.63. The van der Waals surface area contributed by atoms with E-state index in [1.165, 1.54) is 0 Å². The molecule has 0 N–H and O–H groups in total. The molecule has 0 heterocycles. The van der Waals surface area contributed by atoms with Gasteiger partial charge in [-0.25, -0.2) is 8.42 Å². The first-order valence-corrected chi connectivity index (χ1v) is 8.53. The lowest BCUT2D eigenvalue weighted by molar-refractivity contribution is 0.0769. The van der Waals surface area contributed by atoms with Crippen molar-refractivity contribution in [1.29, 1.82) is 0 Å². The second kappa shape index (κ2) is 6.04. The molecule has 4 nitrogen and oxygen atoms in total. The Morgan fingerprint density at radius 1 is 0.789 bits per heavy atom. The molecule has 0 fully saturated rings. The normalized spacial score (nSPS) is 11.3. The summed E-state index contributed by atoms with van der Waals surface area (Å²) in [4.78, 5) is 0. The number of para-hydroxylation sites is 2. The maximum absolute atomic E-state index is 11.7. The zero-order valence-corrected chi connectivity index (χ0v) is 11.9. The quantitative estimate of drug-likeness (QED) is 0.628. The number of hydrogen-bond donors (Lipinski definition) is 0. The Hall–Kier alpha value is -1.58. The summed E-state index contributed by atoms with van der Waals surface area (Å²) in [6.45, 7) is 0. The minimum absolute atomic E-state index is 0.425. The number of rotatable bonds is 5. The smallest absolute Gasteiger partial charge is 0.348 e. The molecule has 1 unspecified atom stereocenters. The molecule has 100 valence electrons. The average molecular weight is 296 g/mol. The van der Waals surface area contributed by atoms with Gasteiger partial charge in [-0.1, -0.05) is 36.4 Å². The summed E-state index contributed by atoms with van der Waals surface area (Å²) in [5.41, 5.74) is -1.40. The highest BCUT2D eigenvalue weighted by Crippen LogP contribution is 2.21. The van der Waals surface area contributed by atoms with E-state index >= 15 is 0 Å². The van der Waals surface area contributed by atoms with Gasteiger partial charge in [0, 0.05) is 0 Å². The van der Waals surface area contributed by atoms with E-state index in [1.54, 1.807) is 57.0 Å². The fourth-order valence-electron chi connectivity index (χ4n) is 1.38. The van der Waals surface area contributed by atoms with Crippen LogP contribution in [0.15, 0.2) is 60.7 Å². The molecule has 2 aromatic carbocycles. The van der Waals surface area contributed by atoms with Gasteiger partial charge >= 0.3 is 5.62 Å². The number of hydrogen-bond acceptors (Lipinski definition) is 4. The van der Waals surface area contributed by atoms with Crippen molar-refractivity contribution in [1.82, 2.24) is 0 Å². The highest BCUT2D eigenvalue weighted by molar-refractivity contribution is 8.37. The Kier molecular flexibility index (Phi) is 4.40. The van der Waals surface area contributed by atoms with E-state index in [1.807, 2.05) is 12.1 Å². The monoisotopic (exact) mass is 296 g/mol. The number of ether oxygens (including phenoxy) is 2. The molecule has 2 aromatic rings. The molecule has 0 spiro atoms. The van der Waals surface area contributed by atoms with Crippen LogP contribution in [0.2, 0.25) is 0 Å². The van der Waals surface area contributed by atoms with E-state index in [9.17, 15) is 8.42 Å². The summed E-state index contributed by atoms with van der Waals surface area (Å²) in [6, 6.07) is 17.3. The van der Waals surface area contributed by atoms with Gasteiger partial charge in [-0.05, 0) is 32.7 Å². The Bertz CT molecular complexity index is 572. The van der Waals surface area contributed by atoms with Crippen LogP contribution in [0.4, 0.5) is 0 Å². The van der Waals surface area contributed by atoms with Crippen LogP contribution in [0.1, 0.15) is 0 Å². The first-order valence-electron chi connectivity index (χ1n) is 5.51. The predicted molar refractivity (Wildman–Crippen MR) is 76.6 cm³/mol. The lowest BCUT2D eigenvalue weighted by atomic mass is 10.3. The second-order valence-electron chi connectivity index (χ2n) is 3.74. The SMILES string of the molecule is O=S(=O)(P)C(Oc1ccccc1)Oc1ccccc1. The van der Waals surface area contributed by atoms with Gasteiger partial charge in [0.2, 0.25) is 9.46 Å². The maximum Gasteiger partial charge on any atom is 0.348 e. The first kappa shape index (κ1) is 13.8. The van der Waals surface area contributed by atoms with Crippen molar-refractivity contribution in [3.63, 3.8) is 0 Å². The summed E-state index contributed by atoms with van der Waals surface area (Å²) < 4.78 is 34.0. The fourth-order valence-corrected chi connectivity index (χ4v) is 2.20. The maximum atomic E-state index is 11.7.